The number of rotatable bonds is 5. The molecule has 4 rings (SSSR count). The van der Waals surface area contributed by atoms with Crippen LogP contribution in [-0.4, -0.2) is 25.0 Å². The molecule has 1 aliphatic rings. The minimum atomic E-state index is -0.123. The van der Waals surface area contributed by atoms with Gasteiger partial charge in [-0.1, -0.05) is 0 Å². The Morgan fingerprint density at radius 2 is 2.30 bits per heavy atom. The van der Waals surface area contributed by atoms with E-state index in [0.717, 1.165) is 40.6 Å². The first-order chi connectivity index (χ1) is 11.1. The van der Waals surface area contributed by atoms with Gasteiger partial charge in [-0.15, -0.1) is 11.3 Å². The summed E-state index contributed by atoms with van der Waals surface area (Å²) in [5.74, 6) is 1.47. The van der Waals surface area contributed by atoms with Gasteiger partial charge in [-0.05, 0) is 38.7 Å². The largest absolute Gasteiger partial charge is 0.296 e. The molecule has 1 amide bonds. The average molecular weight is 347 g/mol. The highest BCUT2D eigenvalue weighted by Crippen LogP contribution is 2.32. The number of aryl methyl sites for hydroxylation is 2. The van der Waals surface area contributed by atoms with E-state index in [1.807, 2.05) is 24.6 Å². The Labute approximate surface area is 141 Å². The first kappa shape index (κ1) is 14.8. The van der Waals surface area contributed by atoms with Crippen molar-refractivity contribution >= 4 is 44.1 Å². The van der Waals surface area contributed by atoms with E-state index in [4.69, 9.17) is 0 Å². The Hall–Kier alpha value is -1.80. The van der Waals surface area contributed by atoms with E-state index in [1.54, 1.807) is 0 Å². The molecule has 0 radical (unpaired) electrons. The summed E-state index contributed by atoms with van der Waals surface area (Å²) in [5.41, 5.74) is 0.958. The van der Waals surface area contributed by atoms with Crippen LogP contribution in [0.15, 0.2) is 6.07 Å². The van der Waals surface area contributed by atoms with Crippen LogP contribution in [0, 0.1) is 12.8 Å². The molecule has 3 aromatic rings. The highest BCUT2D eigenvalue weighted by molar-refractivity contribution is 7.20. The van der Waals surface area contributed by atoms with Gasteiger partial charge in [0.2, 0.25) is 5.13 Å². The number of nitrogens with zero attached hydrogens (tertiary/aromatic N) is 4. The van der Waals surface area contributed by atoms with Gasteiger partial charge >= 0.3 is 0 Å². The highest BCUT2D eigenvalue weighted by Gasteiger charge is 2.24. The molecule has 6 nitrogen and oxygen atoms in total. The molecule has 3 heterocycles. The van der Waals surface area contributed by atoms with Crippen molar-refractivity contribution in [3.63, 3.8) is 0 Å². The molecular formula is C15H17N5OS2. The molecule has 0 saturated heterocycles. The Morgan fingerprint density at radius 1 is 1.48 bits per heavy atom. The van der Waals surface area contributed by atoms with E-state index in [-0.39, 0.29) is 5.91 Å². The maximum atomic E-state index is 12.4. The highest BCUT2D eigenvalue weighted by atomic mass is 32.1. The van der Waals surface area contributed by atoms with Gasteiger partial charge in [0.15, 0.2) is 0 Å². The van der Waals surface area contributed by atoms with Crippen molar-refractivity contribution in [1.29, 1.82) is 0 Å². The van der Waals surface area contributed by atoms with Crippen LogP contribution in [-0.2, 0) is 13.0 Å². The lowest BCUT2D eigenvalue weighted by Crippen LogP contribution is -2.10. The first-order valence-electron chi connectivity index (χ1n) is 7.75. The molecule has 0 bridgehead atoms. The van der Waals surface area contributed by atoms with E-state index in [0.29, 0.717) is 10.0 Å². The van der Waals surface area contributed by atoms with Gasteiger partial charge in [-0.2, -0.15) is 9.47 Å². The van der Waals surface area contributed by atoms with Crippen LogP contribution in [0.4, 0.5) is 5.13 Å². The van der Waals surface area contributed by atoms with Gasteiger partial charge in [-0.3, -0.25) is 14.8 Å². The van der Waals surface area contributed by atoms with Crippen molar-refractivity contribution in [2.75, 3.05) is 5.32 Å². The molecule has 3 aromatic heterocycles. The van der Waals surface area contributed by atoms with Crippen LogP contribution in [0.5, 0.6) is 0 Å². The van der Waals surface area contributed by atoms with Gasteiger partial charge in [-0.25, -0.2) is 4.98 Å². The second-order valence-electron chi connectivity index (χ2n) is 5.85. The second-order valence-corrected chi connectivity index (χ2v) is 7.63. The van der Waals surface area contributed by atoms with Gasteiger partial charge < -0.3 is 0 Å². The van der Waals surface area contributed by atoms with Crippen LogP contribution < -0.4 is 5.32 Å². The molecule has 0 aliphatic heterocycles. The van der Waals surface area contributed by atoms with Crippen molar-refractivity contribution in [2.45, 2.75) is 39.7 Å². The third-order valence-corrected chi connectivity index (χ3v) is 5.80. The standard InChI is InChI=1S/C15H17N5OS2/c1-3-20-14-10(8(2)18-20)7-11(22-14)13(21)17-15-16-12(19-23-15)6-9-4-5-9/h7,9H,3-6H2,1-2H3,(H,16,17,19,21). The summed E-state index contributed by atoms with van der Waals surface area (Å²) in [6.45, 7) is 4.82. The molecule has 0 atom stereocenters. The summed E-state index contributed by atoms with van der Waals surface area (Å²) < 4.78 is 6.26. The Balaban J connectivity index is 1.53. The van der Waals surface area contributed by atoms with Crippen molar-refractivity contribution in [1.82, 2.24) is 19.1 Å². The summed E-state index contributed by atoms with van der Waals surface area (Å²) in [4.78, 5) is 18.6. The number of hydrogen-bond acceptors (Lipinski definition) is 6. The van der Waals surface area contributed by atoms with Crippen molar-refractivity contribution in [2.24, 2.45) is 5.92 Å². The zero-order chi connectivity index (χ0) is 16.0. The summed E-state index contributed by atoms with van der Waals surface area (Å²) in [6.07, 6.45) is 3.48. The number of carbonyl (C=O) groups excluding carboxylic acids is 1. The zero-order valence-corrected chi connectivity index (χ0v) is 14.6. The van der Waals surface area contributed by atoms with Crippen molar-refractivity contribution < 1.29 is 4.79 Å². The third-order valence-electron chi connectivity index (χ3n) is 3.99. The van der Waals surface area contributed by atoms with E-state index in [2.05, 4.69) is 19.8 Å². The smallest absolute Gasteiger partial charge is 0.267 e. The number of aromatic nitrogens is 4. The van der Waals surface area contributed by atoms with Crippen molar-refractivity contribution in [3.05, 3.63) is 22.5 Å². The zero-order valence-electron chi connectivity index (χ0n) is 13.0. The number of hydrogen-bond donors (Lipinski definition) is 1. The number of fused-ring (bicyclic) bond motifs is 1. The lowest BCUT2D eigenvalue weighted by Gasteiger charge is -1.98. The van der Waals surface area contributed by atoms with Crippen LogP contribution in [0.25, 0.3) is 10.2 Å². The average Bonchev–Trinajstić information content (AvgIpc) is 2.96. The molecule has 1 saturated carbocycles. The fourth-order valence-electron chi connectivity index (χ4n) is 2.57. The molecule has 1 aliphatic carbocycles. The molecule has 0 unspecified atom stereocenters. The summed E-state index contributed by atoms with van der Waals surface area (Å²) in [6, 6.07) is 1.91. The predicted octanol–water partition coefficient (Wildman–Crippen LogP) is 3.48. The summed E-state index contributed by atoms with van der Waals surface area (Å²) >= 11 is 2.73. The summed E-state index contributed by atoms with van der Waals surface area (Å²) in [5, 5.41) is 8.96. The lowest BCUT2D eigenvalue weighted by molar-refractivity contribution is 0.103. The summed E-state index contributed by atoms with van der Waals surface area (Å²) in [7, 11) is 0. The molecule has 23 heavy (non-hydrogen) atoms. The van der Waals surface area contributed by atoms with E-state index in [9.17, 15) is 4.79 Å². The van der Waals surface area contributed by atoms with Gasteiger partial charge in [0.25, 0.3) is 5.91 Å². The number of nitrogens with one attached hydrogen (secondary N) is 1. The Bertz CT molecular complexity index is 874. The molecule has 120 valence electrons. The number of thiophene rings is 1. The Kier molecular flexibility index (Phi) is 3.65. The van der Waals surface area contributed by atoms with Gasteiger partial charge in [0.1, 0.15) is 10.7 Å². The van der Waals surface area contributed by atoms with E-state index >= 15 is 0 Å². The SMILES string of the molecule is CCn1nc(C)c2cc(C(=O)Nc3nc(CC4CC4)ns3)sc21. The molecule has 1 fully saturated rings. The number of anilines is 1. The van der Waals surface area contributed by atoms with E-state index in [1.165, 1.54) is 35.7 Å². The minimum absolute atomic E-state index is 0.123. The molecule has 8 heteroatoms. The van der Waals surface area contributed by atoms with Crippen LogP contribution in [0.2, 0.25) is 0 Å². The van der Waals surface area contributed by atoms with Crippen LogP contribution in [0.1, 0.15) is 41.0 Å². The predicted molar refractivity (Wildman–Crippen MR) is 92.3 cm³/mol. The topological polar surface area (TPSA) is 72.7 Å². The fraction of sp³-hybridized carbons (Fsp3) is 0.467. The monoisotopic (exact) mass is 347 g/mol. The second kappa shape index (κ2) is 5.68. The number of amides is 1. The van der Waals surface area contributed by atoms with Crippen molar-refractivity contribution in [3.8, 4) is 0 Å². The molecule has 0 aromatic carbocycles. The van der Waals surface area contributed by atoms with E-state index < -0.39 is 0 Å². The quantitative estimate of drug-likeness (QED) is 0.767. The Morgan fingerprint density at radius 3 is 3.04 bits per heavy atom. The van der Waals surface area contributed by atoms with Gasteiger partial charge in [0, 0.05) is 29.9 Å². The number of carbonyl (C=O) groups is 1. The maximum Gasteiger partial charge on any atom is 0.267 e. The molecular weight excluding hydrogens is 330 g/mol. The minimum Gasteiger partial charge on any atom is -0.296 e. The first-order valence-corrected chi connectivity index (χ1v) is 9.34. The fourth-order valence-corrected chi connectivity index (χ4v) is 4.28. The van der Waals surface area contributed by atoms with Crippen LogP contribution >= 0.6 is 22.9 Å². The normalized spacial score (nSPS) is 14.5. The van der Waals surface area contributed by atoms with Crippen LogP contribution in [0.3, 0.4) is 0 Å². The van der Waals surface area contributed by atoms with Gasteiger partial charge in [0.05, 0.1) is 10.6 Å². The maximum absolute atomic E-state index is 12.4. The lowest BCUT2D eigenvalue weighted by atomic mass is 10.3. The molecule has 1 N–H and O–H groups in total. The molecule has 0 spiro atoms. The third kappa shape index (κ3) is 2.88.